The molecule has 289 valence electrons. The Morgan fingerprint density at radius 1 is 0.545 bits per heavy atom. The van der Waals surface area contributed by atoms with Gasteiger partial charge in [0.15, 0.2) is 0 Å². The standard InChI is InChI=1S/C24H27.C23H25.C4H11Si.2ClH.Zr/c1-3-18-15-23-17(2)9-14-22(24(23)16-18)21-12-10-20(11-13-21)19-7-5-4-6-8-19;1-16-14-22-17(2)8-13-21(23(22)15-16)20-11-9-19(10-12-20)18-6-4-3-5-7-18;1-3-5-4-2;;;/h9-16,19H,3-8H2,1-2H3;8-15,18H,3-7H2,1-2H3;5H,3-4H2,1-2H3;2*1H;/q;;;;;+2/p-2. The van der Waals surface area contributed by atoms with Gasteiger partial charge < -0.3 is 0 Å². The van der Waals surface area contributed by atoms with E-state index >= 15 is 0 Å². The number of allylic oxidation sites excluding steroid dienone is 2. The van der Waals surface area contributed by atoms with Crippen molar-refractivity contribution in [3.8, 4) is 22.3 Å². The molecular weight excluding hydrogens is 803 g/mol. The average Bonchev–Trinajstić information content (AvgIpc) is 3.80. The zero-order valence-corrected chi connectivity index (χ0v) is 39.5. The number of halogens is 2. The molecule has 0 aromatic heterocycles. The molecule has 0 bridgehead atoms. The molecule has 4 aromatic rings. The molecule has 4 aliphatic rings. The fraction of sp³-hybridized carbons (Fsp3) is 0.451. The summed E-state index contributed by atoms with van der Waals surface area (Å²) in [4.78, 5) is 0. The van der Waals surface area contributed by atoms with Gasteiger partial charge in [-0.25, -0.2) is 0 Å². The summed E-state index contributed by atoms with van der Waals surface area (Å²) in [5.41, 5.74) is 19.6. The van der Waals surface area contributed by atoms with Gasteiger partial charge in [0.05, 0.1) is 0 Å². The summed E-state index contributed by atoms with van der Waals surface area (Å²) in [6, 6.07) is 31.1. The Bertz CT molecular complexity index is 2110. The second-order valence-corrected chi connectivity index (χ2v) is 58.7. The van der Waals surface area contributed by atoms with Gasteiger partial charge in [-0.1, -0.05) is 0 Å². The molecule has 0 aliphatic heterocycles. The van der Waals surface area contributed by atoms with Crippen molar-refractivity contribution >= 4 is 35.1 Å². The summed E-state index contributed by atoms with van der Waals surface area (Å²) in [5.74, 6) is -0.234. The van der Waals surface area contributed by atoms with Gasteiger partial charge >= 0.3 is 345 Å². The molecule has 2 saturated carbocycles. The fourth-order valence-electron chi connectivity index (χ4n) is 12.2. The van der Waals surface area contributed by atoms with Crippen LogP contribution in [0.2, 0.25) is 12.1 Å². The van der Waals surface area contributed by atoms with Gasteiger partial charge in [0.1, 0.15) is 0 Å². The fourth-order valence-corrected chi connectivity index (χ4v) is 65.9. The summed E-state index contributed by atoms with van der Waals surface area (Å²) in [5, 5.41) is 0. The molecule has 55 heavy (non-hydrogen) atoms. The summed E-state index contributed by atoms with van der Waals surface area (Å²) in [6.45, 7) is 14.2. The molecule has 0 N–H and O–H groups in total. The van der Waals surface area contributed by atoms with Crippen molar-refractivity contribution < 1.29 is 15.6 Å². The van der Waals surface area contributed by atoms with E-state index in [0.717, 1.165) is 18.5 Å². The van der Waals surface area contributed by atoms with E-state index in [1.807, 2.05) is 0 Å². The van der Waals surface area contributed by atoms with E-state index in [1.54, 1.807) is 0 Å². The van der Waals surface area contributed by atoms with Crippen LogP contribution in [0.4, 0.5) is 0 Å². The van der Waals surface area contributed by atoms with Crippen molar-refractivity contribution in [3.63, 3.8) is 0 Å². The number of rotatable bonds is 10. The van der Waals surface area contributed by atoms with Gasteiger partial charge in [0.2, 0.25) is 0 Å². The zero-order chi connectivity index (χ0) is 38.5. The van der Waals surface area contributed by atoms with E-state index in [4.69, 9.17) is 17.0 Å². The van der Waals surface area contributed by atoms with Gasteiger partial charge in [-0.05, 0) is 0 Å². The van der Waals surface area contributed by atoms with E-state index in [9.17, 15) is 0 Å². The maximum atomic E-state index is 9.01. The summed E-state index contributed by atoms with van der Waals surface area (Å²) in [6.07, 6.45) is 19.6. The third kappa shape index (κ3) is 6.84. The van der Waals surface area contributed by atoms with Crippen molar-refractivity contribution in [2.45, 2.75) is 143 Å². The minimum absolute atomic E-state index is 0.113. The Kier molecular flexibility index (Phi) is 11.6. The Balaban J connectivity index is 1.25. The Hall–Kier alpha value is -1.96. The first-order valence-corrected chi connectivity index (χ1v) is 37.7. The normalized spacial score (nSPS) is 21.2. The Morgan fingerprint density at radius 2 is 0.982 bits per heavy atom. The van der Waals surface area contributed by atoms with E-state index < -0.39 is 21.5 Å². The summed E-state index contributed by atoms with van der Waals surface area (Å²) in [7, 11) is 18.0. The van der Waals surface area contributed by atoms with Crippen molar-refractivity contribution in [2.24, 2.45) is 0 Å². The van der Waals surface area contributed by atoms with Crippen LogP contribution in [-0.4, -0.2) is 5.92 Å². The predicted octanol–water partition coefficient (Wildman–Crippen LogP) is 16.5. The first-order chi connectivity index (χ1) is 26.6. The molecule has 0 amide bonds. The van der Waals surface area contributed by atoms with Crippen molar-refractivity contribution in [1.82, 2.24) is 0 Å². The minimum atomic E-state index is -4.95. The van der Waals surface area contributed by atoms with Crippen LogP contribution in [0.1, 0.15) is 162 Å². The second kappa shape index (κ2) is 16.0. The van der Waals surface area contributed by atoms with Crippen LogP contribution in [-0.2, 0) is 15.6 Å². The topological polar surface area (TPSA) is 0 Å². The van der Waals surface area contributed by atoms with E-state index in [0.29, 0.717) is 11.8 Å². The number of hydrogen-bond acceptors (Lipinski definition) is 0. The summed E-state index contributed by atoms with van der Waals surface area (Å²) < 4.78 is 0.237. The molecule has 2 fully saturated rings. The van der Waals surface area contributed by atoms with Crippen molar-refractivity contribution in [3.05, 3.63) is 128 Å². The van der Waals surface area contributed by atoms with Crippen molar-refractivity contribution in [2.75, 3.05) is 0 Å². The number of benzene rings is 4. The maximum absolute atomic E-state index is 9.01. The van der Waals surface area contributed by atoms with Gasteiger partial charge in [0.25, 0.3) is 0 Å². The number of aryl methyl sites for hydroxylation is 2. The molecule has 0 saturated heterocycles. The molecule has 2 unspecified atom stereocenters. The monoisotopic (exact) mass is 863 g/mol. The van der Waals surface area contributed by atoms with Crippen LogP contribution in [0.25, 0.3) is 34.4 Å². The van der Waals surface area contributed by atoms with E-state index in [2.05, 4.69) is 126 Å². The Labute approximate surface area is 342 Å². The molecule has 2 atom stereocenters. The third-order valence-electron chi connectivity index (χ3n) is 15.0. The second-order valence-electron chi connectivity index (χ2n) is 18.0. The van der Waals surface area contributed by atoms with Gasteiger partial charge in [-0.15, -0.1) is 0 Å². The molecule has 4 heteroatoms. The van der Waals surface area contributed by atoms with E-state index in [1.165, 1.54) is 142 Å². The first kappa shape index (κ1) is 39.8. The molecular formula is C51H63Cl2SiZr. The van der Waals surface area contributed by atoms with Gasteiger partial charge in [-0.2, -0.15) is 0 Å². The number of fused-ring (bicyclic) bond motifs is 2. The van der Waals surface area contributed by atoms with Crippen LogP contribution >= 0.6 is 17.0 Å². The van der Waals surface area contributed by atoms with Gasteiger partial charge in [0, 0.05) is 0 Å². The Morgan fingerprint density at radius 3 is 1.42 bits per heavy atom. The molecule has 8 rings (SSSR count). The predicted molar refractivity (Wildman–Crippen MR) is 242 cm³/mol. The molecule has 0 heterocycles. The van der Waals surface area contributed by atoms with Crippen LogP contribution < -0.4 is 0 Å². The molecule has 0 spiro atoms. The summed E-state index contributed by atoms with van der Waals surface area (Å²) >= 11 is -4.95. The number of hydrogen-bond donors (Lipinski definition) is 0. The average molecular weight is 866 g/mol. The molecule has 4 aromatic carbocycles. The molecule has 4 aliphatic carbocycles. The van der Waals surface area contributed by atoms with Crippen LogP contribution in [0.3, 0.4) is 0 Å². The van der Waals surface area contributed by atoms with Crippen molar-refractivity contribution in [1.29, 1.82) is 0 Å². The first-order valence-electron chi connectivity index (χ1n) is 22.0. The van der Waals surface area contributed by atoms with E-state index in [-0.39, 0.29) is 7.25 Å². The molecule has 0 radical (unpaired) electrons. The molecule has 0 nitrogen and oxygen atoms in total. The quantitative estimate of drug-likeness (QED) is 0.139. The van der Waals surface area contributed by atoms with Crippen LogP contribution in [0.15, 0.2) is 83.9 Å². The third-order valence-corrected chi connectivity index (χ3v) is 65.0. The van der Waals surface area contributed by atoms with Gasteiger partial charge in [-0.3, -0.25) is 0 Å². The van der Waals surface area contributed by atoms with Crippen LogP contribution in [0.5, 0.6) is 0 Å². The zero-order valence-electron chi connectivity index (χ0n) is 34.4. The van der Waals surface area contributed by atoms with Crippen LogP contribution in [0, 0.1) is 13.8 Å². The SMILES string of the molecule is CCC1=Cc2c(-c3ccc(C4CCCCC4)cc3)ccc(C)c2[CH]1[Zr]([Cl])([Cl])([CH]1C(C)=Cc2c(-c3ccc(C4CCCCC4)cc3)ccc(C)c21)[SiH](CC)CC.